The number of rotatable bonds is 1. The zero-order chi connectivity index (χ0) is 10.1. The number of hydrogen-bond donors (Lipinski definition) is 0. The minimum absolute atomic E-state index is 0.869. The third kappa shape index (κ3) is 2.08. The van der Waals surface area contributed by atoms with Crippen molar-refractivity contribution >= 4 is 0 Å². The highest BCUT2D eigenvalue weighted by Crippen LogP contribution is 2.62. The fourth-order valence-corrected chi connectivity index (χ4v) is 3.28. The fraction of sp³-hybridized carbons (Fsp3) is 1.00. The monoisotopic (exact) mass is 182 g/mol. The molecule has 0 N–H and O–H groups in total. The lowest BCUT2D eigenvalue weighted by Gasteiger charge is -2.58. The van der Waals surface area contributed by atoms with Gasteiger partial charge < -0.3 is 0 Å². The van der Waals surface area contributed by atoms with E-state index < -0.39 is 0 Å². The Labute approximate surface area is 84.1 Å². The molecule has 0 aromatic carbocycles. The van der Waals surface area contributed by atoms with Crippen LogP contribution >= 0.6 is 0 Å². The maximum absolute atomic E-state index is 2.40. The minimum atomic E-state index is 0.869. The molecule has 13 heavy (non-hydrogen) atoms. The first-order valence-electron chi connectivity index (χ1n) is 6.11. The van der Waals surface area contributed by atoms with Gasteiger partial charge in [0.2, 0.25) is 0 Å². The average Bonchev–Trinajstić information content (AvgIpc) is 1.97. The van der Waals surface area contributed by atoms with Gasteiger partial charge in [-0.25, -0.2) is 0 Å². The van der Waals surface area contributed by atoms with E-state index in [4.69, 9.17) is 0 Å². The standard InChI is InChI=1S/C11H20.C2H6/c1-8(2)10-6-11(7-10)4-9(3)5-11;1-2/h8-10H,4-7H2,1-3H3;1-2H3. The molecule has 0 atom stereocenters. The Balaban J connectivity index is 0.000000396. The predicted molar refractivity (Wildman–Crippen MR) is 59.7 cm³/mol. The highest BCUT2D eigenvalue weighted by Gasteiger charge is 2.51. The third-order valence-corrected chi connectivity index (χ3v) is 3.90. The van der Waals surface area contributed by atoms with Gasteiger partial charge in [0.15, 0.2) is 0 Å². The Kier molecular flexibility index (Phi) is 3.43. The second-order valence-corrected chi connectivity index (χ2v) is 5.43. The molecule has 0 heteroatoms. The molecule has 0 amide bonds. The van der Waals surface area contributed by atoms with Crippen molar-refractivity contribution in [3.63, 3.8) is 0 Å². The van der Waals surface area contributed by atoms with E-state index in [2.05, 4.69) is 20.8 Å². The summed E-state index contributed by atoms with van der Waals surface area (Å²) in [5.74, 6) is 3.06. The quantitative estimate of drug-likeness (QED) is 0.560. The molecule has 1 spiro atoms. The van der Waals surface area contributed by atoms with Crippen LogP contribution < -0.4 is 0 Å². The largest absolute Gasteiger partial charge is 0.0683 e. The second kappa shape index (κ2) is 4.02. The topological polar surface area (TPSA) is 0 Å². The van der Waals surface area contributed by atoms with Crippen LogP contribution in [0.15, 0.2) is 0 Å². The molecule has 2 aliphatic rings. The molecule has 0 aliphatic heterocycles. The fourth-order valence-electron chi connectivity index (χ4n) is 3.28. The molecular weight excluding hydrogens is 156 g/mol. The summed E-state index contributed by atoms with van der Waals surface area (Å²) in [6.07, 6.45) is 6.18. The summed E-state index contributed by atoms with van der Waals surface area (Å²) in [5.41, 5.74) is 0.869. The van der Waals surface area contributed by atoms with Crippen LogP contribution in [0.4, 0.5) is 0 Å². The van der Waals surface area contributed by atoms with Gasteiger partial charge in [0.25, 0.3) is 0 Å². The van der Waals surface area contributed by atoms with Gasteiger partial charge in [0, 0.05) is 0 Å². The molecule has 2 fully saturated rings. The van der Waals surface area contributed by atoms with Gasteiger partial charge in [-0.2, -0.15) is 0 Å². The van der Waals surface area contributed by atoms with E-state index in [0.29, 0.717) is 0 Å². The van der Waals surface area contributed by atoms with E-state index in [-0.39, 0.29) is 0 Å². The van der Waals surface area contributed by atoms with E-state index in [1.807, 2.05) is 13.8 Å². The first-order valence-corrected chi connectivity index (χ1v) is 6.11. The predicted octanol–water partition coefficient (Wildman–Crippen LogP) is 4.49. The zero-order valence-electron chi connectivity index (χ0n) is 10.1. The maximum atomic E-state index is 2.40. The van der Waals surface area contributed by atoms with Crippen molar-refractivity contribution in [3.8, 4) is 0 Å². The van der Waals surface area contributed by atoms with Crippen LogP contribution in [0.3, 0.4) is 0 Å². The molecular formula is C13H26. The molecule has 2 saturated carbocycles. The van der Waals surface area contributed by atoms with Crippen LogP contribution in [0.1, 0.15) is 60.3 Å². The highest BCUT2D eigenvalue weighted by atomic mass is 14.6. The van der Waals surface area contributed by atoms with Crippen LogP contribution in [0.2, 0.25) is 0 Å². The summed E-state index contributed by atoms with van der Waals surface area (Å²) < 4.78 is 0. The van der Waals surface area contributed by atoms with E-state index >= 15 is 0 Å². The van der Waals surface area contributed by atoms with Crippen LogP contribution in [0.25, 0.3) is 0 Å². The molecule has 2 rings (SSSR count). The van der Waals surface area contributed by atoms with E-state index in [0.717, 1.165) is 23.2 Å². The summed E-state index contributed by atoms with van der Waals surface area (Å²) in [6.45, 7) is 11.1. The molecule has 0 aromatic rings. The Bertz CT molecular complexity index is 143. The van der Waals surface area contributed by atoms with E-state index in [1.54, 1.807) is 12.8 Å². The van der Waals surface area contributed by atoms with Crippen molar-refractivity contribution in [2.75, 3.05) is 0 Å². The molecule has 0 heterocycles. The van der Waals surface area contributed by atoms with Crippen molar-refractivity contribution in [1.29, 1.82) is 0 Å². The summed E-state index contributed by atoms with van der Waals surface area (Å²) >= 11 is 0. The van der Waals surface area contributed by atoms with Crippen molar-refractivity contribution in [1.82, 2.24) is 0 Å². The Morgan fingerprint density at radius 3 is 1.77 bits per heavy atom. The SMILES string of the molecule is CC.CC1CC2(C1)CC(C(C)C)C2. The molecule has 0 nitrogen and oxygen atoms in total. The van der Waals surface area contributed by atoms with E-state index in [1.165, 1.54) is 12.8 Å². The first-order chi connectivity index (χ1) is 6.11. The summed E-state index contributed by atoms with van der Waals surface area (Å²) in [5, 5.41) is 0. The third-order valence-electron chi connectivity index (χ3n) is 3.90. The molecule has 0 saturated heterocycles. The van der Waals surface area contributed by atoms with Crippen molar-refractivity contribution in [3.05, 3.63) is 0 Å². The van der Waals surface area contributed by atoms with Gasteiger partial charge in [0.05, 0.1) is 0 Å². The molecule has 0 bridgehead atoms. The maximum Gasteiger partial charge on any atom is -0.0287 e. The van der Waals surface area contributed by atoms with Crippen molar-refractivity contribution < 1.29 is 0 Å². The summed E-state index contributed by atoms with van der Waals surface area (Å²) in [4.78, 5) is 0. The lowest BCUT2D eigenvalue weighted by atomic mass is 9.47. The van der Waals surface area contributed by atoms with Gasteiger partial charge in [-0.3, -0.25) is 0 Å². The van der Waals surface area contributed by atoms with Crippen LogP contribution in [-0.2, 0) is 0 Å². The van der Waals surface area contributed by atoms with Gasteiger partial charge in [0.1, 0.15) is 0 Å². The number of hydrogen-bond acceptors (Lipinski definition) is 0. The Hall–Kier alpha value is 0. The average molecular weight is 182 g/mol. The molecule has 0 radical (unpaired) electrons. The molecule has 2 aliphatic carbocycles. The first kappa shape index (κ1) is 11.1. The normalized spacial score (nSPS) is 42.0. The smallest absolute Gasteiger partial charge is 0.0287 e. The minimum Gasteiger partial charge on any atom is -0.0683 e. The zero-order valence-corrected chi connectivity index (χ0v) is 10.1. The lowest BCUT2D eigenvalue weighted by Crippen LogP contribution is -2.48. The lowest BCUT2D eigenvalue weighted by molar-refractivity contribution is -0.0768. The van der Waals surface area contributed by atoms with Crippen LogP contribution in [-0.4, -0.2) is 0 Å². The van der Waals surface area contributed by atoms with Crippen molar-refractivity contribution in [2.45, 2.75) is 60.3 Å². The molecule has 0 unspecified atom stereocenters. The van der Waals surface area contributed by atoms with Crippen LogP contribution in [0.5, 0.6) is 0 Å². The van der Waals surface area contributed by atoms with Gasteiger partial charge >= 0.3 is 0 Å². The molecule has 78 valence electrons. The van der Waals surface area contributed by atoms with Crippen LogP contribution in [0, 0.1) is 23.2 Å². The summed E-state index contributed by atoms with van der Waals surface area (Å²) in [6, 6.07) is 0. The van der Waals surface area contributed by atoms with Gasteiger partial charge in [-0.05, 0) is 48.9 Å². The molecule has 0 aromatic heterocycles. The van der Waals surface area contributed by atoms with Gasteiger partial charge in [-0.15, -0.1) is 0 Å². The highest BCUT2D eigenvalue weighted by molar-refractivity contribution is 5.02. The Morgan fingerprint density at radius 2 is 1.46 bits per heavy atom. The van der Waals surface area contributed by atoms with Crippen molar-refractivity contribution in [2.24, 2.45) is 23.2 Å². The second-order valence-electron chi connectivity index (χ2n) is 5.43. The van der Waals surface area contributed by atoms with Gasteiger partial charge in [-0.1, -0.05) is 34.6 Å². The van der Waals surface area contributed by atoms with E-state index in [9.17, 15) is 0 Å². The Morgan fingerprint density at radius 1 is 1.00 bits per heavy atom. The summed E-state index contributed by atoms with van der Waals surface area (Å²) in [7, 11) is 0.